The highest BCUT2D eigenvalue weighted by Gasteiger charge is 2.17. The summed E-state index contributed by atoms with van der Waals surface area (Å²) >= 11 is 0. The lowest BCUT2D eigenvalue weighted by Gasteiger charge is -2.16. The minimum Gasteiger partial charge on any atom is -0.365 e. The molecular formula is C15H17N5. The molecule has 2 heterocycles. The van der Waals surface area contributed by atoms with Crippen LogP contribution in [0.2, 0.25) is 0 Å². The number of aromatic nitrogens is 3. The second kappa shape index (κ2) is 5.33. The van der Waals surface area contributed by atoms with Crippen LogP contribution in [-0.4, -0.2) is 20.8 Å². The topological polar surface area (TPSA) is 66.5 Å². The lowest BCUT2D eigenvalue weighted by Crippen LogP contribution is -2.23. The van der Waals surface area contributed by atoms with Crippen LogP contribution in [-0.2, 0) is 19.4 Å². The summed E-state index contributed by atoms with van der Waals surface area (Å²) in [4.78, 5) is 4.63. The third-order valence-electron chi connectivity index (χ3n) is 3.57. The van der Waals surface area contributed by atoms with E-state index in [9.17, 15) is 5.26 Å². The van der Waals surface area contributed by atoms with E-state index in [1.807, 2.05) is 23.0 Å². The van der Waals surface area contributed by atoms with Crippen LogP contribution in [0, 0.1) is 11.3 Å². The molecule has 0 saturated carbocycles. The van der Waals surface area contributed by atoms with Crippen LogP contribution < -0.4 is 5.32 Å². The van der Waals surface area contributed by atoms with E-state index in [1.165, 1.54) is 5.56 Å². The maximum Gasteiger partial charge on any atom is 0.144 e. The Kier molecular flexibility index (Phi) is 3.38. The summed E-state index contributed by atoms with van der Waals surface area (Å²) in [6, 6.07) is 6.29. The molecule has 0 fully saturated rings. The molecule has 0 bridgehead atoms. The molecule has 5 heteroatoms. The number of nitrogens with zero attached hydrogens (tertiary/aromatic N) is 4. The van der Waals surface area contributed by atoms with Crippen molar-refractivity contribution in [3.63, 3.8) is 0 Å². The van der Waals surface area contributed by atoms with Crippen LogP contribution >= 0.6 is 0 Å². The zero-order valence-corrected chi connectivity index (χ0v) is 11.5. The fraction of sp³-hybridized carbons (Fsp3) is 0.400. The van der Waals surface area contributed by atoms with Gasteiger partial charge in [-0.15, -0.1) is 0 Å². The summed E-state index contributed by atoms with van der Waals surface area (Å²) in [7, 11) is 0. The molecule has 5 nitrogen and oxygen atoms in total. The molecule has 1 N–H and O–H groups in total. The first-order chi connectivity index (χ1) is 9.76. The maximum absolute atomic E-state index is 9.27. The predicted octanol–water partition coefficient (Wildman–Crippen LogP) is 2.14. The molecule has 0 aromatic carbocycles. The Morgan fingerprint density at radius 2 is 2.40 bits per heavy atom. The zero-order valence-electron chi connectivity index (χ0n) is 11.5. The van der Waals surface area contributed by atoms with Gasteiger partial charge in [-0.25, -0.2) is 4.98 Å². The SMILES string of the molecule is CC(Cn1cccn1)Nc1nc2c(cc1C#N)CCC2. The van der Waals surface area contributed by atoms with E-state index in [0.29, 0.717) is 11.4 Å². The molecule has 0 radical (unpaired) electrons. The van der Waals surface area contributed by atoms with Crippen LogP contribution in [0.5, 0.6) is 0 Å². The first kappa shape index (κ1) is 12.7. The fourth-order valence-electron chi connectivity index (χ4n) is 2.64. The van der Waals surface area contributed by atoms with Crippen LogP contribution in [0.3, 0.4) is 0 Å². The van der Waals surface area contributed by atoms with E-state index in [4.69, 9.17) is 0 Å². The fourth-order valence-corrected chi connectivity index (χ4v) is 2.64. The van der Waals surface area contributed by atoms with Gasteiger partial charge in [-0.1, -0.05) is 0 Å². The highest BCUT2D eigenvalue weighted by Crippen LogP contribution is 2.25. The van der Waals surface area contributed by atoms with E-state index < -0.39 is 0 Å². The number of rotatable bonds is 4. The average Bonchev–Trinajstić information content (AvgIpc) is 3.08. The summed E-state index contributed by atoms with van der Waals surface area (Å²) in [6.45, 7) is 2.81. The number of aryl methyl sites for hydroxylation is 2. The summed E-state index contributed by atoms with van der Waals surface area (Å²) in [6.07, 6.45) is 6.89. The first-order valence-electron chi connectivity index (χ1n) is 6.93. The Balaban J connectivity index is 1.78. The number of hydrogen-bond acceptors (Lipinski definition) is 4. The largest absolute Gasteiger partial charge is 0.365 e. The summed E-state index contributed by atoms with van der Waals surface area (Å²) in [5.41, 5.74) is 3.00. The number of pyridine rings is 1. The van der Waals surface area contributed by atoms with Crippen molar-refractivity contribution in [3.8, 4) is 6.07 Å². The van der Waals surface area contributed by atoms with E-state index in [1.54, 1.807) is 6.20 Å². The van der Waals surface area contributed by atoms with Crippen molar-refractivity contribution < 1.29 is 0 Å². The molecule has 1 aliphatic carbocycles. The molecule has 0 aliphatic heterocycles. The van der Waals surface area contributed by atoms with Crippen LogP contribution in [0.4, 0.5) is 5.82 Å². The second-order valence-electron chi connectivity index (χ2n) is 5.23. The summed E-state index contributed by atoms with van der Waals surface area (Å²) < 4.78 is 1.87. The number of hydrogen-bond donors (Lipinski definition) is 1. The number of fused-ring (bicyclic) bond motifs is 1. The van der Waals surface area contributed by atoms with Gasteiger partial charge < -0.3 is 5.32 Å². The molecule has 1 unspecified atom stereocenters. The zero-order chi connectivity index (χ0) is 13.9. The summed E-state index contributed by atoms with van der Waals surface area (Å²) in [5.74, 6) is 0.702. The lowest BCUT2D eigenvalue weighted by atomic mass is 10.1. The molecule has 1 atom stereocenters. The normalized spacial score (nSPS) is 14.6. The second-order valence-corrected chi connectivity index (χ2v) is 5.23. The Morgan fingerprint density at radius 1 is 1.50 bits per heavy atom. The number of nitriles is 1. The van der Waals surface area contributed by atoms with Crippen molar-refractivity contribution in [2.24, 2.45) is 0 Å². The van der Waals surface area contributed by atoms with Crippen molar-refractivity contribution in [3.05, 3.63) is 41.3 Å². The van der Waals surface area contributed by atoms with Gasteiger partial charge in [0.05, 0.1) is 12.1 Å². The van der Waals surface area contributed by atoms with Gasteiger partial charge in [0.2, 0.25) is 0 Å². The molecule has 3 rings (SSSR count). The first-order valence-corrected chi connectivity index (χ1v) is 6.93. The highest BCUT2D eigenvalue weighted by molar-refractivity contribution is 5.55. The van der Waals surface area contributed by atoms with Crippen molar-refractivity contribution in [2.45, 2.75) is 38.8 Å². The van der Waals surface area contributed by atoms with Gasteiger partial charge in [0.1, 0.15) is 11.9 Å². The van der Waals surface area contributed by atoms with Crippen molar-refractivity contribution >= 4 is 5.82 Å². The van der Waals surface area contributed by atoms with Crippen LogP contribution in [0.15, 0.2) is 24.5 Å². The third kappa shape index (κ3) is 2.50. The molecular weight excluding hydrogens is 250 g/mol. The van der Waals surface area contributed by atoms with Gasteiger partial charge in [-0.2, -0.15) is 10.4 Å². The smallest absolute Gasteiger partial charge is 0.144 e. The van der Waals surface area contributed by atoms with Gasteiger partial charge in [0.25, 0.3) is 0 Å². The van der Waals surface area contributed by atoms with Gasteiger partial charge >= 0.3 is 0 Å². The molecule has 20 heavy (non-hydrogen) atoms. The van der Waals surface area contributed by atoms with Crippen LogP contribution in [0.1, 0.15) is 30.2 Å². The maximum atomic E-state index is 9.27. The van der Waals surface area contributed by atoms with E-state index in [-0.39, 0.29) is 6.04 Å². The average molecular weight is 267 g/mol. The van der Waals surface area contributed by atoms with E-state index >= 15 is 0 Å². The quantitative estimate of drug-likeness (QED) is 0.921. The van der Waals surface area contributed by atoms with Gasteiger partial charge in [-0.3, -0.25) is 4.68 Å². The number of nitrogens with one attached hydrogen (secondary N) is 1. The lowest BCUT2D eigenvalue weighted by molar-refractivity contribution is 0.559. The predicted molar refractivity (Wildman–Crippen MR) is 76.3 cm³/mol. The molecule has 1 aliphatic rings. The van der Waals surface area contributed by atoms with E-state index in [2.05, 4.69) is 28.4 Å². The number of anilines is 1. The summed E-state index contributed by atoms with van der Waals surface area (Å²) in [5, 5.41) is 16.8. The highest BCUT2D eigenvalue weighted by atomic mass is 15.3. The van der Waals surface area contributed by atoms with Crippen molar-refractivity contribution in [1.82, 2.24) is 14.8 Å². The monoisotopic (exact) mass is 267 g/mol. The molecule has 0 spiro atoms. The van der Waals surface area contributed by atoms with Crippen molar-refractivity contribution in [1.29, 1.82) is 5.26 Å². The third-order valence-corrected chi connectivity index (χ3v) is 3.57. The van der Waals surface area contributed by atoms with Gasteiger partial charge in [0.15, 0.2) is 0 Å². The van der Waals surface area contributed by atoms with E-state index in [0.717, 1.165) is 31.5 Å². The Morgan fingerprint density at radius 3 is 3.15 bits per heavy atom. The molecule has 2 aromatic rings. The van der Waals surface area contributed by atoms with Gasteiger partial charge in [-0.05, 0) is 43.9 Å². The molecule has 0 amide bonds. The molecule has 0 saturated heterocycles. The minimum atomic E-state index is 0.161. The molecule has 2 aromatic heterocycles. The Labute approximate surface area is 118 Å². The standard InChI is InChI=1S/C15H17N5/c1-11(10-20-7-3-6-17-20)18-15-13(9-16)8-12-4-2-5-14(12)19-15/h3,6-8,11H,2,4-5,10H2,1H3,(H,18,19). The van der Waals surface area contributed by atoms with Crippen LogP contribution in [0.25, 0.3) is 0 Å². The Hall–Kier alpha value is -2.35. The minimum absolute atomic E-state index is 0.161. The Bertz CT molecular complexity index is 639. The molecule has 102 valence electrons. The van der Waals surface area contributed by atoms with Gasteiger partial charge in [0, 0.05) is 24.1 Å². The van der Waals surface area contributed by atoms with Crippen molar-refractivity contribution in [2.75, 3.05) is 5.32 Å².